The van der Waals surface area contributed by atoms with Gasteiger partial charge in [0.25, 0.3) is 0 Å². The van der Waals surface area contributed by atoms with Gasteiger partial charge in [-0.1, -0.05) is 104 Å². The molecule has 0 fully saturated rings. The number of phenols is 1. The van der Waals surface area contributed by atoms with Gasteiger partial charge in [-0.3, -0.25) is 4.57 Å². The molecular weight excluding hydrogens is 767 g/mol. The standard InChI is InChI=1S/C23H28N2O.C20H20N.Ir/c1-14(2)18-11-9-12-19(15(3)4)22(18)25-17(6)16(5)24-23(25)20-10-7-8-13-21(20)26;1-13(2)17-6-5-7-19-18(17)8-9-21-20(19)16-11-14(3)10-15(4)12-16;/h7-15,26H,1-6H3;5-11,13H,1-4H3;/q;-1;. The van der Waals surface area contributed by atoms with Crippen LogP contribution >= 0.6 is 0 Å². The summed E-state index contributed by atoms with van der Waals surface area (Å²) in [6, 6.07) is 30.4. The van der Waals surface area contributed by atoms with E-state index in [4.69, 9.17) is 4.98 Å². The summed E-state index contributed by atoms with van der Waals surface area (Å²) in [5.74, 6) is 2.35. The number of fused-ring (bicyclic) bond motifs is 1. The summed E-state index contributed by atoms with van der Waals surface area (Å²) in [5.41, 5.74) is 12.5. The fourth-order valence-corrected chi connectivity index (χ4v) is 6.47. The Morgan fingerprint density at radius 2 is 1.29 bits per heavy atom. The molecule has 0 unspecified atom stereocenters. The number of hydrogen-bond acceptors (Lipinski definition) is 3. The van der Waals surface area contributed by atoms with Crippen molar-refractivity contribution in [1.82, 2.24) is 14.5 Å². The number of aromatic hydroxyl groups is 1. The van der Waals surface area contributed by atoms with Crippen LogP contribution < -0.4 is 0 Å². The second-order valence-electron chi connectivity index (χ2n) is 13.6. The van der Waals surface area contributed by atoms with E-state index in [1.54, 1.807) is 6.07 Å². The first-order valence-electron chi connectivity index (χ1n) is 16.7. The Bertz CT molecular complexity index is 1990. The van der Waals surface area contributed by atoms with E-state index in [2.05, 4.69) is 133 Å². The molecule has 48 heavy (non-hydrogen) atoms. The number of aromatic nitrogens is 3. The summed E-state index contributed by atoms with van der Waals surface area (Å²) in [4.78, 5) is 9.45. The SMILES string of the molecule is Cc1[c-]c(-c2nccc3c(C(C)C)cccc23)cc(C)c1.Cc1nc(-c2ccccc2O)n(-c2c(C(C)C)cccc2C(C)C)c1C.[Ir]. The molecule has 0 amide bonds. The van der Waals surface area contributed by atoms with Crippen molar-refractivity contribution < 1.29 is 25.2 Å². The smallest absolute Gasteiger partial charge is 0.148 e. The zero-order valence-electron chi connectivity index (χ0n) is 29.9. The first kappa shape index (κ1) is 36.8. The van der Waals surface area contributed by atoms with E-state index in [1.165, 1.54) is 38.7 Å². The van der Waals surface area contributed by atoms with Gasteiger partial charge in [0, 0.05) is 32.0 Å². The first-order valence-corrected chi connectivity index (χ1v) is 16.7. The van der Waals surface area contributed by atoms with E-state index in [0.717, 1.165) is 39.6 Å². The summed E-state index contributed by atoms with van der Waals surface area (Å²) >= 11 is 0. The molecule has 0 saturated heterocycles. The third-order valence-electron chi connectivity index (χ3n) is 8.92. The number of para-hydroxylation sites is 2. The normalized spacial score (nSPS) is 11.2. The zero-order valence-corrected chi connectivity index (χ0v) is 32.3. The Morgan fingerprint density at radius 3 is 1.90 bits per heavy atom. The summed E-state index contributed by atoms with van der Waals surface area (Å²) in [5, 5.41) is 12.9. The van der Waals surface area contributed by atoms with Crippen molar-refractivity contribution in [3.05, 3.63) is 130 Å². The maximum Gasteiger partial charge on any atom is 0.148 e. The van der Waals surface area contributed by atoms with Crippen LogP contribution in [-0.4, -0.2) is 19.6 Å². The fraction of sp³-hybridized carbons (Fsp3) is 0.302. The van der Waals surface area contributed by atoms with Gasteiger partial charge in [0.15, 0.2) is 0 Å². The predicted octanol–water partition coefficient (Wildman–Crippen LogP) is 11.5. The summed E-state index contributed by atoms with van der Waals surface area (Å²) in [7, 11) is 0. The van der Waals surface area contributed by atoms with Crippen LogP contribution in [0.4, 0.5) is 0 Å². The Kier molecular flexibility index (Phi) is 11.8. The van der Waals surface area contributed by atoms with E-state index in [0.29, 0.717) is 17.8 Å². The van der Waals surface area contributed by atoms with E-state index in [1.807, 2.05) is 31.3 Å². The van der Waals surface area contributed by atoms with Crippen LogP contribution in [0.5, 0.6) is 5.75 Å². The quantitative estimate of drug-likeness (QED) is 0.170. The largest absolute Gasteiger partial charge is 0.507 e. The Labute approximate surface area is 300 Å². The summed E-state index contributed by atoms with van der Waals surface area (Å²) in [6.07, 6.45) is 1.91. The average molecular weight is 815 g/mol. The van der Waals surface area contributed by atoms with Crippen LogP contribution in [0.2, 0.25) is 0 Å². The van der Waals surface area contributed by atoms with Gasteiger partial charge in [0.05, 0.1) is 16.9 Å². The number of rotatable bonds is 6. The van der Waals surface area contributed by atoms with E-state index >= 15 is 0 Å². The Balaban J connectivity index is 0.000000217. The third kappa shape index (κ3) is 7.48. The molecule has 251 valence electrons. The minimum absolute atomic E-state index is 0. The van der Waals surface area contributed by atoms with E-state index in [9.17, 15) is 5.11 Å². The van der Waals surface area contributed by atoms with Gasteiger partial charge in [-0.15, -0.1) is 34.9 Å². The number of nitrogens with zero attached hydrogens (tertiary/aromatic N) is 3. The van der Waals surface area contributed by atoms with Gasteiger partial charge in [-0.05, 0) is 83.0 Å². The van der Waals surface area contributed by atoms with E-state index in [-0.39, 0.29) is 25.9 Å². The van der Waals surface area contributed by atoms with Gasteiger partial charge in [0.1, 0.15) is 11.6 Å². The van der Waals surface area contributed by atoms with Crippen molar-refractivity contribution in [3.63, 3.8) is 0 Å². The molecule has 1 N–H and O–H groups in total. The molecule has 0 saturated carbocycles. The van der Waals surface area contributed by atoms with E-state index < -0.39 is 0 Å². The van der Waals surface area contributed by atoms with Crippen molar-refractivity contribution in [1.29, 1.82) is 0 Å². The number of aryl methyl sites for hydroxylation is 3. The van der Waals surface area contributed by atoms with Gasteiger partial charge in [0.2, 0.25) is 0 Å². The molecule has 2 aromatic heterocycles. The molecule has 0 aliphatic rings. The Morgan fingerprint density at radius 1 is 0.688 bits per heavy atom. The number of pyridine rings is 1. The number of imidazole rings is 1. The number of hydrogen-bond donors (Lipinski definition) is 1. The molecule has 6 rings (SSSR count). The Hall–Kier alpha value is -4.05. The van der Waals surface area contributed by atoms with Gasteiger partial charge in [-0.25, -0.2) is 4.98 Å². The third-order valence-corrected chi connectivity index (χ3v) is 8.92. The second kappa shape index (κ2) is 15.4. The molecule has 0 aliphatic carbocycles. The molecule has 1 radical (unpaired) electrons. The molecule has 6 aromatic rings. The van der Waals surface area contributed by atoms with Crippen LogP contribution in [0.25, 0.3) is 39.1 Å². The molecule has 4 nitrogen and oxygen atoms in total. The van der Waals surface area contributed by atoms with Gasteiger partial charge < -0.3 is 10.1 Å². The molecule has 0 aliphatic heterocycles. The minimum atomic E-state index is 0. The molecule has 4 aromatic carbocycles. The van der Waals surface area contributed by atoms with Crippen molar-refractivity contribution in [2.24, 2.45) is 0 Å². The molecule has 0 atom stereocenters. The van der Waals surface area contributed by atoms with Crippen LogP contribution in [0.3, 0.4) is 0 Å². The minimum Gasteiger partial charge on any atom is -0.507 e. The summed E-state index contributed by atoms with van der Waals surface area (Å²) < 4.78 is 2.23. The fourth-order valence-electron chi connectivity index (χ4n) is 6.47. The van der Waals surface area contributed by atoms with Crippen LogP contribution in [0.1, 0.15) is 98.5 Å². The van der Waals surface area contributed by atoms with Crippen molar-refractivity contribution in [3.8, 4) is 34.1 Å². The maximum absolute atomic E-state index is 10.4. The number of benzene rings is 4. The number of phenolic OH excluding ortho intramolecular Hbond substituents is 1. The molecule has 2 heterocycles. The van der Waals surface area contributed by atoms with Crippen LogP contribution in [0.15, 0.2) is 85.1 Å². The van der Waals surface area contributed by atoms with Gasteiger partial charge >= 0.3 is 0 Å². The maximum atomic E-state index is 10.4. The molecule has 5 heteroatoms. The predicted molar refractivity (Wildman–Crippen MR) is 198 cm³/mol. The second-order valence-corrected chi connectivity index (χ2v) is 13.6. The molecule has 0 bridgehead atoms. The average Bonchev–Trinajstić information content (AvgIpc) is 3.32. The van der Waals surface area contributed by atoms with Crippen molar-refractivity contribution >= 4 is 10.8 Å². The van der Waals surface area contributed by atoms with Crippen LogP contribution in [-0.2, 0) is 20.1 Å². The van der Waals surface area contributed by atoms with Gasteiger partial charge in [-0.2, -0.15) is 0 Å². The van der Waals surface area contributed by atoms with Crippen molar-refractivity contribution in [2.75, 3.05) is 0 Å². The topological polar surface area (TPSA) is 50.9 Å². The van der Waals surface area contributed by atoms with Crippen LogP contribution in [0, 0.1) is 33.8 Å². The first-order chi connectivity index (χ1) is 22.4. The van der Waals surface area contributed by atoms with Crippen molar-refractivity contribution in [2.45, 2.75) is 87.0 Å². The molecular formula is C43H48IrN3O-. The monoisotopic (exact) mass is 815 g/mol. The molecule has 0 spiro atoms. The summed E-state index contributed by atoms with van der Waals surface area (Å²) in [6.45, 7) is 21.7. The zero-order chi connectivity index (χ0) is 34.0.